The van der Waals surface area contributed by atoms with E-state index in [4.69, 9.17) is 5.02 Å². The first-order valence-corrected chi connectivity index (χ1v) is 3.04. The summed E-state index contributed by atoms with van der Waals surface area (Å²) < 4.78 is 0. The molecule has 0 aromatic heterocycles. The van der Waals surface area contributed by atoms with Gasteiger partial charge >= 0.3 is 7.48 Å². The molecule has 3 heteroatoms. The number of hydrogen-bond donors (Lipinski definition) is 2. The highest BCUT2D eigenvalue weighted by Gasteiger charge is 1.89. The summed E-state index contributed by atoms with van der Waals surface area (Å²) in [4.78, 5) is 0.903. The molecule has 0 unspecified atom stereocenters. The Balaban J connectivity index is 2.88. The van der Waals surface area contributed by atoms with E-state index >= 15 is 0 Å². The molecule has 1 aromatic rings. The lowest BCUT2D eigenvalue weighted by Gasteiger charge is -1.91. The fourth-order valence-electron chi connectivity index (χ4n) is 0.560. The smallest absolute Gasteiger partial charge is 0.326 e. The molecule has 0 aliphatic heterocycles. The Morgan fingerprint density at radius 3 is 2.22 bits per heavy atom. The minimum Gasteiger partial charge on any atom is -0.450 e. The van der Waals surface area contributed by atoms with Crippen LogP contribution in [0.4, 0.5) is 0 Å². The summed E-state index contributed by atoms with van der Waals surface area (Å²) >= 11 is 4.07. The molecule has 0 atom stereocenters. The van der Waals surface area contributed by atoms with Crippen LogP contribution in [-0.2, 0) is 0 Å². The fourth-order valence-corrected chi connectivity index (χ4v) is 0.709. The van der Waals surface area contributed by atoms with E-state index in [1.54, 1.807) is 12.1 Å². The zero-order valence-corrected chi connectivity index (χ0v) is 5.68. The lowest BCUT2D eigenvalue weighted by Crippen LogP contribution is -2.11. The molecule has 9 heavy (non-hydrogen) atoms. The predicted molar refractivity (Wildman–Crippen MR) is 41.3 cm³/mol. The first-order chi connectivity index (χ1) is 4.33. The van der Waals surface area contributed by atoms with Crippen molar-refractivity contribution in [3.63, 3.8) is 0 Å². The van der Waals surface area contributed by atoms with Crippen molar-refractivity contribution in [2.75, 3.05) is 0 Å². The molecule has 0 amide bonds. The van der Waals surface area contributed by atoms with Crippen molar-refractivity contribution in [2.24, 2.45) is 0 Å². The van der Waals surface area contributed by atoms with Gasteiger partial charge in [0.1, 0.15) is 0 Å². The van der Waals surface area contributed by atoms with Gasteiger partial charge in [-0.25, -0.2) is 0 Å². The van der Waals surface area contributed by atoms with Crippen molar-refractivity contribution in [3.8, 4) is 0 Å². The van der Waals surface area contributed by atoms with Crippen LogP contribution in [0.5, 0.6) is 0 Å². The second-order valence-corrected chi connectivity index (χ2v) is 2.24. The molecule has 0 aliphatic carbocycles. The molecule has 0 fully saturated rings. The van der Waals surface area contributed by atoms with E-state index in [9.17, 15) is 0 Å². The van der Waals surface area contributed by atoms with E-state index in [1.165, 1.54) is 0 Å². The van der Waals surface area contributed by atoms with Crippen LogP contribution < -0.4 is 5.46 Å². The van der Waals surface area contributed by atoms with Crippen molar-refractivity contribution in [1.82, 2.24) is 0 Å². The molecule has 45 valence electrons. The van der Waals surface area contributed by atoms with Gasteiger partial charge in [0.15, 0.2) is 0 Å². The van der Waals surface area contributed by atoms with Crippen LogP contribution in [0.15, 0.2) is 29.2 Å². The average molecular weight is 137 g/mol. The Labute approximate surface area is 60.4 Å². The van der Waals surface area contributed by atoms with E-state index in [2.05, 4.69) is 12.6 Å². The predicted octanol–water partition coefficient (Wildman–Crippen LogP) is 0.212. The molecule has 0 spiro atoms. The summed E-state index contributed by atoms with van der Waals surface area (Å²) in [7, 11) is 1.06. The van der Waals surface area contributed by atoms with Crippen LogP contribution in [0.1, 0.15) is 0 Å². The van der Waals surface area contributed by atoms with Gasteiger partial charge in [-0.3, -0.25) is 0 Å². The zero-order chi connectivity index (χ0) is 6.69. The largest absolute Gasteiger partial charge is 0.450 e. The third-order valence-electron chi connectivity index (χ3n) is 1.04. The zero-order valence-electron chi connectivity index (χ0n) is 4.78. The molecule has 1 radical (unpaired) electrons. The SMILES string of the molecule is O[B]c1ccc(S)cc1. The summed E-state index contributed by atoms with van der Waals surface area (Å²) in [5, 5.41) is 8.48. The van der Waals surface area contributed by atoms with Gasteiger partial charge in [0.25, 0.3) is 0 Å². The summed E-state index contributed by atoms with van der Waals surface area (Å²) in [5.74, 6) is 0. The Bertz CT molecular complexity index is 185. The third kappa shape index (κ3) is 1.77. The minimum atomic E-state index is 0.799. The quantitative estimate of drug-likeness (QED) is 0.418. The highest BCUT2D eigenvalue weighted by molar-refractivity contribution is 7.80. The maximum atomic E-state index is 8.48. The lowest BCUT2D eigenvalue weighted by atomic mass is 9.89. The number of benzene rings is 1. The molecule has 1 N–H and O–H groups in total. The van der Waals surface area contributed by atoms with Gasteiger partial charge in [-0.2, -0.15) is 0 Å². The number of thiol groups is 1. The molecule has 1 rings (SSSR count). The molecular formula is C6H6BOS. The van der Waals surface area contributed by atoms with Crippen LogP contribution >= 0.6 is 12.6 Å². The molecule has 1 aromatic carbocycles. The van der Waals surface area contributed by atoms with Crippen LogP contribution in [0.2, 0.25) is 0 Å². The second-order valence-electron chi connectivity index (χ2n) is 1.72. The summed E-state index contributed by atoms with van der Waals surface area (Å²) in [5.41, 5.74) is 0.799. The lowest BCUT2D eigenvalue weighted by molar-refractivity contribution is 0.615. The van der Waals surface area contributed by atoms with Crippen molar-refractivity contribution in [2.45, 2.75) is 4.90 Å². The maximum Gasteiger partial charge on any atom is 0.326 e. The van der Waals surface area contributed by atoms with E-state index in [-0.39, 0.29) is 0 Å². The summed E-state index contributed by atoms with van der Waals surface area (Å²) in [6.07, 6.45) is 0. The van der Waals surface area contributed by atoms with Gasteiger partial charge in [0, 0.05) is 4.90 Å². The first-order valence-electron chi connectivity index (χ1n) is 2.59. The van der Waals surface area contributed by atoms with Gasteiger partial charge in [-0.1, -0.05) is 17.6 Å². The third-order valence-corrected chi connectivity index (χ3v) is 1.34. The van der Waals surface area contributed by atoms with Crippen molar-refractivity contribution in [3.05, 3.63) is 24.3 Å². The van der Waals surface area contributed by atoms with E-state index in [0.29, 0.717) is 0 Å². The van der Waals surface area contributed by atoms with Gasteiger partial charge in [-0.05, 0) is 12.1 Å². The van der Waals surface area contributed by atoms with Crippen molar-refractivity contribution in [1.29, 1.82) is 0 Å². The first kappa shape index (κ1) is 6.71. The van der Waals surface area contributed by atoms with Crippen LogP contribution in [0.3, 0.4) is 0 Å². The van der Waals surface area contributed by atoms with Gasteiger partial charge in [-0.15, -0.1) is 12.6 Å². The second kappa shape index (κ2) is 2.94. The molecule has 1 nitrogen and oxygen atoms in total. The molecular weight excluding hydrogens is 131 g/mol. The van der Waals surface area contributed by atoms with E-state index in [0.717, 1.165) is 17.8 Å². The number of hydrogen-bond acceptors (Lipinski definition) is 2. The van der Waals surface area contributed by atoms with Gasteiger partial charge < -0.3 is 5.02 Å². The van der Waals surface area contributed by atoms with Crippen LogP contribution in [0, 0.1) is 0 Å². The highest BCUT2D eigenvalue weighted by atomic mass is 32.1. The van der Waals surface area contributed by atoms with Crippen LogP contribution in [-0.4, -0.2) is 12.5 Å². The van der Waals surface area contributed by atoms with E-state index < -0.39 is 0 Å². The molecule has 0 heterocycles. The molecule has 0 aliphatic rings. The fraction of sp³-hybridized carbons (Fsp3) is 0. The van der Waals surface area contributed by atoms with Crippen molar-refractivity contribution < 1.29 is 5.02 Å². The van der Waals surface area contributed by atoms with Gasteiger partial charge in [0.2, 0.25) is 0 Å². The highest BCUT2D eigenvalue weighted by Crippen LogP contribution is 1.99. The Kier molecular flexibility index (Phi) is 2.19. The minimum absolute atomic E-state index is 0.799. The normalized spacial score (nSPS) is 9.11. The topological polar surface area (TPSA) is 20.2 Å². The summed E-state index contributed by atoms with van der Waals surface area (Å²) in [6, 6.07) is 7.24. The molecule has 0 saturated heterocycles. The van der Waals surface area contributed by atoms with Gasteiger partial charge in [0.05, 0.1) is 0 Å². The average Bonchev–Trinajstić information content (AvgIpc) is 1.90. The maximum absolute atomic E-state index is 8.48. The molecule has 0 saturated carbocycles. The van der Waals surface area contributed by atoms with Crippen molar-refractivity contribution >= 4 is 25.6 Å². The number of rotatable bonds is 1. The standard InChI is InChI=1S/C6H6BOS/c8-7-5-1-3-6(9)4-2-5/h1-4,8-9H. The monoisotopic (exact) mass is 137 g/mol. The Morgan fingerprint density at radius 1 is 1.22 bits per heavy atom. The molecule has 0 bridgehead atoms. The van der Waals surface area contributed by atoms with E-state index in [1.807, 2.05) is 12.1 Å². The Hall–Kier alpha value is -0.405. The Morgan fingerprint density at radius 2 is 1.78 bits per heavy atom. The summed E-state index contributed by atoms with van der Waals surface area (Å²) in [6.45, 7) is 0. The van der Waals surface area contributed by atoms with Crippen LogP contribution in [0.25, 0.3) is 0 Å².